The van der Waals surface area contributed by atoms with Gasteiger partial charge in [0, 0.05) is 6.04 Å². The zero-order chi connectivity index (χ0) is 17.0. The van der Waals surface area contributed by atoms with Gasteiger partial charge in [0.1, 0.15) is 11.4 Å². The highest BCUT2D eigenvalue weighted by molar-refractivity contribution is 5.83. The zero-order valence-electron chi connectivity index (χ0n) is 14.8. The van der Waals surface area contributed by atoms with Crippen molar-refractivity contribution in [3.8, 4) is 0 Å². The Morgan fingerprint density at radius 3 is 2.61 bits per heavy atom. The minimum absolute atomic E-state index is 0.486. The van der Waals surface area contributed by atoms with Gasteiger partial charge in [0.25, 0.3) is 0 Å². The molecule has 1 saturated carbocycles. The third kappa shape index (κ3) is 5.41. The zero-order valence-corrected chi connectivity index (χ0v) is 14.8. The van der Waals surface area contributed by atoms with Crippen molar-refractivity contribution in [2.24, 2.45) is 11.8 Å². The number of carbonyl (C=O) groups is 1. The molecule has 1 aliphatic carbocycles. The molecule has 0 saturated heterocycles. The summed E-state index contributed by atoms with van der Waals surface area (Å²) in [6.45, 7) is 10.1. The fourth-order valence-corrected chi connectivity index (χ4v) is 2.96. The molecule has 0 spiro atoms. The summed E-state index contributed by atoms with van der Waals surface area (Å²) in [5, 5.41) is 6.22. The molecule has 0 aromatic carbocycles. The van der Waals surface area contributed by atoms with E-state index in [1.807, 2.05) is 26.8 Å². The number of carbonyl (C=O) groups excluding carboxylic acids is 1. The van der Waals surface area contributed by atoms with Gasteiger partial charge in [-0.1, -0.05) is 26.7 Å². The van der Waals surface area contributed by atoms with Crippen LogP contribution in [0, 0.1) is 11.8 Å². The molecule has 23 heavy (non-hydrogen) atoms. The maximum atomic E-state index is 11.7. The lowest BCUT2D eigenvalue weighted by atomic mass is 9.78. The van der Waals surface area contributed by atoms with Crippen molar-refractivity contribution in [2.75, 3.05) is 10.6 Å². The molecule has 2 rings (SSSR count). The molecule has 1 amide bonds. The molecule has 5 nitrogen and oxygen atoms in total. The van der Waals surface area contributed by atoms with Crippen molar-refractivity contribution >= 4 is 17.6 Å². The van der Waals surface area contributed by atoms with Gasteiger partial charge in [-0.25, -0.2) is 9.78 Å². The highest BCUT2D eigenvalue weighted by atomic mass is 16.6. The van der Waals surface area contributed by atoms with E-state index < -0.39 is 11.7 Å². The first-order chi connectivity index (χ1) is 10.7. The predicted octanol–water partition coefficient (Wildman–Crippen LogP) is 4.67. The molecule has 128 valence electrons. The van der Waals surface area contributed by atoms with Crippen LogP contribution in [0.2, 0.25) is 0 Å². The van der Waals surface area contributed by atoms with Gasteiger partial charge in [0.15, 0.2) is 0 Å². The summed E-state index contributed by atoms with van der Waals surface area (Å²) in [6.07, 6.45) is 5.06. The number of pyridine rings is 1. The fourth-order valence-electron chi connectivity index (χ4n) is 2.96. The Balaban J connectivity index is 1.90. The van der Waals surface area contributed by atoms with E-state index in [0.29, 0.717) is 17.8 Å². The lowest BCUT2D eigenvalue weighted by Crippen LogP contribution is -2.35. The fraction of sp³-hybridized carbons (Fsp3) is 0.667. The Morgan fingerprint density at radius 2 is 2.00 bits per heavy atom. The molecule has 0 bridgehead atoms. The van der Waals surface area contributed by atoms with Gasteiger partial charge >= 0.3 is 6.09 Å². The van der Waals surface area contributed by atoms with E-state index in [4.69, 9.17) is 4.74 Å². The number of nitrogens with one attached hydrogen (secondary N) is 2. The molecule has 1 aliphatic rings. The maximum absolute atomic E-state index is 11.7. The van der Waals surface area contributed by atoms with E-state index in [1.54, 1.807) is 12.3 Å². The van der Waals surface area contributed by atoms with Gasteiger partial charge in [-0.2, -0.15) is 0 Å². The van der Waals surface area contributed by atoms with Gasteiger partial charge in [-0.05, 0) is 51.2 Å². The van der Waals surface area contributed by atoms with Crippen molar-refractivity contribution in [1.29, 1.82) is 0 Å². The molecule has 0 radical (unpaired) electrons. The Labute approximate surface area is 139 Å². The highest BCUT2D eigenvalue weighted by Crippen LogP contribution is 2.31. The number of amides is 1. The number of hydrogen-bond donors (Lipinski definition) is 2. The first-order valence-electron chi connectivity index (χ1n) is 8.47. The van der Waals surface area contributed by atoms with E-state index >= 15 is 0 Å². The van der Waals surface area contributed by atoms with Crippen LogP contribution < -0.4 is 10.6 Å². The van der Waals surface area contributed by atoms with Crippen LogP contribution in [0.25, 0.3) is 0 Å². The smallest absolute Gasteiger partial charge is 0.413 e. The van der Waals surface area contributed by atoms with Crippen LogP contribution in [0.5, 0.6) is 0 Å². The summed E-state index contributed by atoms with van der Waals surface area (Å²) in [4.78, 5) is 16.0. The summed E-state index contributed by atoms with van der Waals surface area (Å²) < 4.78 is 5.21. The lowest BCUT2D eigenvalue weighted by Gasteiger charge is -2.35. The van der Waals surface area contributed by atoms with E-state index in [-0.39, 0.29) is 0 Å². The number of aromatic nitrogens is 1. The largest absolute Gasteiger partial charge is 0.444 e. The average Bonchev–Trinajstić information content (AvgIpc) is 2.44. The molecule has 1 heterocycles. The summed E-state index contributed by atoms with van der Waals surface area (Å²) >= 11 is 0. The second-order valence-electron chi connectivity index (χ2n) is 7.58. The van der Waals surface area contributed by atoms with Crippen molar-refractivity contribution in [3.05, 3.63) is 18.3 Å². The second-order valence-corrected chi connectivity index (χ2v) is 7.58. The van der Waals surface area contributed by atoms with Crippen molar-refractivity contribution in [3.63, 3.8) is 0 Å². The molecule has 1 aromatic heterocycles. The normalized spacial score (nSPS) is 24.8. The molecule has 3 atom stereocenters. The number of hydrogen-bond acceptors (Lipinski definition) is 4. The van der Waals surface area contributed by atoms with Crippen molar-refractivity contribution < 1.29 is 9.53 Å². The molecular formula is C18H29N3O2. The highest BCUT2D eigenvalue weighted by Gasteiger charge is 2.26. The topological polar surface area (TPSA) is 63.2 Å². The molecule has 2 N–H and O–H groups in total. The first kappa shape index (κ1) is 17.6. The monoisotopic (exact) mass is 319 g/mol. The van der Waals surface area contributed by atoms with Crippen molar-refractivity contribution in [2.45, 2.75) is 65.5 Å². The maximum Gasteiger partial charge on any atom is 0.413 e. The standard InChI is InChI=1S/C18H29N3O2/c1-12-7-6-8-15(13(12)2)20-14-9-10-16(19-11-14)21-17(22)23-18(3,4)5/h9-13,15,20H,6-8H2,1-5H3,(H,19,21,22). The van der Waals surface area contributed by atoms with Crippen LogP contribution in [0.4, 0.5) is 16.3 Å². The predicted molar refractivity (Wildman–Crippen MR) is 93.7 cm³/mol. The van der Waals surface area contributed by atoms with Crippen LogP contribution in [0.15, 0.2) is 18.3 Å². The minimum Gasteiger partial charge on any atom is -0.444 e. The molecule has 1 fully saturated rings. The average molecular weight is 319 g/mol. The van der Waals surface area contributed by atoms with Gasteiger partial charge in [-0.3, -0.25) is 5.32 Å². The van der Waals surface area contributed by atoms with E-state index in [9.17, 15) is 4.79 Å². The SMILES string of the molecule is CC1CCCC(Nc2ccc(NC(=O)OC(C)(C)C)nc2)C1C. The third-order valence-electron chi connectivity index (χ3n) is 4.45. The van der Waals surface area contributed by atoms with E-state index in [0.717, 1.165) is 11.6 Å². The van der Waals surface area contributed by atoms with Gasteiger partial charge in [-0.15, -0.1) is 0 Å². The quantitative estimate of drug-likeness (QED) is 0.850. The van der Waals surface area contributed by atoms with E-state index in [1.165, 1.54) is 19.3 Å². The molecule has 3 unspecified atom stereocenters. The summed E-state index contributed by atoms with van der Waals surface area (Å²) in [6, 6.07) is 4.24. The Morgan fingerprint density at radius 1 is 1.26 bits per heavy atom. The second kappa shape index (κ2) is 7.20. The van der Waals surface area contributed by atoms with Crippen molar-refractivity contribution in [1.82, 2.24) is 4.98 Å². The third-order valence-corrected chi connectivity index (χ3v) is 4.45. The van der Waals surface area contributed by atoms with Crippen LogP contribution in [-0.2, 0) is 4.74 Å². The summed E-state index contributed by atoms with van der Waals surface area (Å²) in [5.41, 5.74) is 0.477. The van der Waals surface area contributed by atoms with E-state index in [2.05, 4.69) is 29.5 Å². The van der Waals surface area contributed by atoms with Crippen LogP contribution in [0.1, 0.15) is 53.9 Å². The Kier molecular flexibility index (Phi) is 5.50. The Hall–Kier alpha value is -1.78. The van der Waals surface area contributed by atoms with Crippen LogP contribution in [-0.4, -0.2) is 22.7 Å². The van der Waals surface area contributed by atoms with Gasteiger partial charge in [0.05, 0.1) is 11.9 Å². The summed E-state index contributed by atoms with van der Waals surface area (Å²) in [7, 11) is 0. The number of ether oxygens (including phenoxy) is 1. The number of nitrogens with zero attached hydrogens (tertiary/aromatic N) is 1. The molecule has 0 aliphatic heterocycles. The van der Waals surface area contributed by atoms with Gasteiger partial charge < -0.3 is 10.1 Å². The summed E-state index contributed by atoms with van der Waals surface area (Å²) in [5.74, 6) is 1.90. The number of rotatable bonds is 3. The molecular weight excluding hydrogens is 290 g/mol. The number of anilines is 2. The lowest BCUT2D eigenvalue weighted by molar-refractivity contribution is 0.0635. The first-order valence-corrected chi connectivity index (χ1v) is 8.47. The Bertz CT molecular complexity index is 522. The van der Waals surface area contributed by atoms with Crippen LogP contribution >= 0.6 is 0 Å². The van der Waals surface area contributed by atoms with Crippen LogP contribution in [0.3, 0.4) is 0 Å². The molecule has 5 heteroatoms. The minimum atomic E-state index is -0.514. The molecule has 1 aromatic rings. The van der Waals surface area contributed by atoms with Gasteiger partial charge in [0.2, 0.25) is 0 Å².